The zero-order chi connectivity index (χ0) is 20.2. The summed E-state index contributed by atoms with van der Waals surface area (Å²) in [6.45, 7) is 7.85. The third kappa shape index (κ3) is 7.33. The van der Waals surface area contributed by atoms with Crippen molar-refractivity contribution in [2.24, 2.45) is 5.73 Å². The summed E-state index contributed by atoms with van der Waals surface area (Å²) in [7, 11) is 0. The summed E-state index contributed by atoms with van der Waals surface area (Å²) < 4.78 is 38.3. The lowest BCUT2D eigenvalue weighted by Gasteiger charge is -2.23. The molecule has 9 heteroatoms. The first-order chi connectivity index (χ1) is 12.5. The van der Waals surface area contributed by atoms with Crippen LogP contribution in [0.15, 0.2) is 30.5 Å². The minimum absolute atomic E-state index is 0. The standard InChI is InChI=1S/C20H26F3N3O.2ClH/c1-19(2,3)15-9-14(11-25-8-4-7-24)18(27)16(10-15)13-5-6-17(26-12-13)20(21,22)23;;/h5-6,9-10,12,25,27H,4,7-8,11,24H2,1-3H3;2*1H. The van der Waals surface area contributed by atoms with E-state index in [0.29, 0.717) is 36.3 Å². The maximum Gasteiger partial charge on any atom is 0.433 e. The molecule has 0 saturated heterocycles. The first-order valence-electron chi connectivity index (χ1n) is 8.85. The lowest BCUT2D eigenvalue weighted by atomic mass is 9.84. The van der Waals surface area contributed by atoms with Crippen LogP contribution >= 0.6 is 24.8 Å². The summed E-state index contributed by atoms with van der Waals surface area (Å²) in [6, 6.07) is 6.00. The molecular weight excluding hydrogens is 426 g/mol. The van der Waals surface area contributed by atoms with Gasteiger partial charge in [-0.3, -0.25) is 4.98 Å². The Morgan fingerprint density at radius 3 is 2.24 bits per heavy atom. The molecule has 1 aromatic carbocycles. The second kappa shape index (κ2) is 11.0. The van der Waals surface area contributed by atoms with Crippen molar-refractivity contribution in [2.75, 3.05) is 13.1 Å². The minimum atomic E-state index is -4.49. The SMILES string of the molecule is CC(C)(C)c1cc(CNCCCN)c(O)c(-c2ccc(C(F)(F)F)nc2)c1.Cl.Cl. The van der Waals surface area contributed by atoms with Crippen molar-refractivity contribution in [3.05, 3.63) is 47.3 Å². The van der Waals surface area contributed by atoms with Gasteiger partial charge in [0, 0.05) is 29.4 Å². The van der Waals surface area contributed by atoms with E-state index >= 15 is 0 Å². The number of rotatable bonds is 6. The zero-order valence-electron chi connectivity index (χ0n) is 16.6. The molecule has 0 aliphatic carbocycles. The van der Waals surface area contributed by atoms with E-state index in [4.69, 9.17) is 5.73 Å². The molecule has 1 heterocycles. The predicted molar refractivity (Wildman–Crippen MR) is 115 cm³/mol. The predicted octanol–water partition coefficient (Wildman–Crippen LogP) is 5.05. The van der Waals surface area contributed by atoms with Crippen LogP contribution in [0.1, 0.15) is 44.0 Å². The molecule has 0 aliphatic heterocycles. The van der Waals surface area contributed by atoms with Crippen LogP contribution in [0.2, 0.25) is 0 Å². The van der Waals surface area contributed by atoms with Crippen LogP contribution in [-0.2, 0) is 18.1 Å². The number of benzene rings is 1. The second-order valence-corrected chi connectivity index (χ2v) is 7.53. The minimum Gasteiger partial charge on any atom is -0.507 e. The Morgan fingerprint density at radius 1 is 1.10 bits per heavy atom. The number of phenols is 1. The highest BCUT2D eigenvalue weighted by molar-refractivity contribution is 5.85. The number of alkyl halides is 3. The molecule has 4 N–H and O–H groups in total. The number of hydrogen-bond donors (Lipinski definition) is 3. The maximum absolute atomic E-state index is 12.8. The Balaban J connectivity index is 0.00000392. The number of nitrogens with one attached hydrogen (secondary N) is 1. The maximum atomic E-state index is 12.8. The van der Waals surface area contributed by atoms with E-state index in [1.807, 2.05) is 32.9 Å². The Labute approximate surface area is 181 Å². The molecule has 0 amide bonds. The largest absolute Gasteiger partial charge is 0.507 e. The van der Waals surface area contributed by atoms with E-state index in [2.05, 4.69) is 10.3 Å². The monoisotopic (exact) mass is 453 g/mol. The molecule has 2 rings (SSSR count). The molecule has 4 nitrogen and oxygen atoms in total. The summed E-state index contributed by atoms with van der Waals surface area (Å²) >= 11 is 0. The fourth-order valence-electron chi connectivity index (χ4n) is 2.65. The van der Waals surface area contributed by atoms with Crippen LogP contribution in [0.3, 0.4) is 0 Å². The number of phenolic OH excluding ortho intramolecular Hbond substituents is 1. The molecule has 0 spiro atoms. The van der Waals surface area contributed by atoms with Crippen molar-refractivity contribution >= 4 is 24.8 Å². The van der Waals surface area contributed by atoms with E-state index in [-0.39, 0.29) is 36.0 Å². The van der Waals surface area contributed by atoms with Gasteiger partial charge in [-0.2, -0.15) is 13.2 Å². The van der Waals surface area contributed by atoms with Gasteiger partial charge in [-0.1, -0.05) is 32.9 Å². The van der Waals surface area contributed by atoms with Crippen LogP contribution < -0.4 is 11.1 Å². The van der Waals surface area contributed by atoms with Crippen molar-refractivity contribution in [2.45, 2.75) is 45.3 Å². The van der Waals surface area contributed by atoms with Crippen molar-refractivity contribution in [3.8, 4) is 16.9 Å². The number of aromatic hydroxyl groups is 1. The molecule has 29 heavy (non-hydrogen) atoms. The van der Waals surface area contributed by atoms with E-state index in [1.54, 1.807) is 0 Å². The molecule has 0 fully saturated rings. The Hall–Kier alpha value is -1.54. The Morgan fingerprint density at radius 2 is 1.76 bits per heavy atom. The van der Waals surface area contributed by atoms with Crippen LogP contribution in [0, 0.1) is 0 Å². The molecule has 0 atom stereocenters. The van der Waals surface area contributed by atoms with Crippen LogP contribution in [0.4, 0.5) is 13.2 Å². The number of nitrogens with two attached hydrogens (primary N) is 1. The second-order valence-electron chi connectivity index (χ2n) is 7.53. The first kappa shape index (κ1) is 27.5. The highest BCUT2D eigenvalue weighted by Gasteiger charge is 2.32. The Kier molecular flexibility index (Phi) is 10.4. The van der Waals surface area contributed by atoms with E-state index in [0.717, 1.165) is 24.2 Å². The van der Waals surface area contributed by atoms with Crippen molar-refractivity contribution < 1.29 is 18.3 Å². The number of aromatic nitrogens is 1. The van der Waals surface area contributed by atoms with Gasteiger partial charge in [0.05, 0.1) is 0 Å². The summed E-state index contributed by atoms with van der Waals surface area (Å²) in [5.41, 5.74) is 6.92. The van der Waals surface area contributed by atoms with Gasteiger partial charge in [-0.15, -0.1) is 24.8 Å². The van der Waals surface area contributed by atoms with Gasteiger partial charge < -0.3 is 16.2 Å². The normalized spacial score (nSPS) is 11.6. The lowest BCUT2D eigenvalue weighted by molar-refractivity contribution is -0.141. The topological polar surface area (TPSA) is 71.2 Å². The molecule has 2 aromatic rings. The third-order valence-electron chi connectivity index (χ3n) is 4.29. The molecule has 0 saturated carbocycles. The van der Waals surface area contributed by atoms with Gasteiger partial charge in [0.25, 0.3) is 0 Å². The van der Waals surface area contributed by atoms with Crippen LogP contribution in [-0.4, -0.2) is 23.2 Å². The average molecular weight is 454 g/mol. The molecule has 164 valence electrons. The van der Waals surface area contributed by atoms with Crippen molar-refractivity contribution in [3.63, 3.8) is 0 Å². The van der Waals surface area contributed by atoms with Gasteiger partial charge >= 0.3 is 6.18 Å². The molecule has 0 radical (unpaired) electrons. The van der Waals surface area contributed by atoms with E-state index < -0.39 is 11.9 Å². The van der Waals surface area contributed by atoms with E-state index in [9.17, 15) is 18.3 Å². The van der Waals surface area contributed by atoms with Crippen LogP contribution in [0.5, 0.6) is 5.75 Å². The van der Waals surface area contributed by atoms with Gasteiger partial charge in [0.1, 0.15) is 11.4 Å². The fraction of sp³-hybridized carbons (Fsp3) is 0.450. The van der Waals surface area contributed by atoms with Crippen molar-refractivity contribution in [1.82, 2.24) is 10.3 Å². The number of nitrogens with zero attached hydrogens (tertiary/aromatic N) is 1. The average Bonchev–Trinajstić information content (AvgIpc) is 2.58. The molecule has 1 aromatic heterocycles. The molecule has 0 unspecified atom stereocenters. The summed E-state index contributed by atoms with van der Waals surface area (Å²) in [4.78, 5) is 3.51. The Bertz CT molecular complexity index is 776. The fourth-order valence-corrected chi connectivity index (χ4v) is 2.65. The van der Waals surface area contributed by atoms with Crippen LogP contribution in [0.25, 0.3) is 11.1 Å². The third-order valence-corrected chi connectivity index (χ3v) is 4.29. The summed E-state index contributed by atoms with van der Waals surface area (Å²) in [6.07, 6.45) is -2.53. The van der Waals surface area contributed by atoms with Crippen molar-refractivity contribution in [1.29, 1.82) is 0 Å². The summed E-state index contributed by atoms with van der Waals surface area (Å²) in [5.74, 6) is 0.0461. The number of pyridine rings is 1. The number of halogens is 5. The molecular formula is C20H28Cl2F3N3O. The van der Waals surface area contributed by atoms with E-state index in [1.165, 1.54) is 6.07 Å². The lowest BCUT2D eigenvalue weighted by Crippen LogP contribution is -2.19. The highest BCUT2D eigenvalue weighted by atomic mass is 35.5. The van der Waals surface area contributed by atoms with Gasteiger partial charge in [0.2, 0.25) is 0 Å². The van der Waals surface area contributed by atoms with Gasteiger partial charge in [0.15, 0.2) is 0 Å². The smallest absolute Gasteiger partial charge is 0.433 e. The highest BCUT2D eigenvalue weighted by Crippen LogP contribution is 2.38. The number of hydrogen-bond acceptors (Lipinski definition) is 4. The summed E-state index contributed by atoms with van der Waals surface area (Å²) in [5, 5.41) is 13.9. The van der Waals surface area contributed by atoms with Gasteiger partial charge in [-0.05, 0) is 42.6 Å². The van der Waals surface area contributed by atoms with Gasteiger partial charge in [-0.25, -0.2) is 0 Å². The quantitative estimate of drug-likeness (QED) is 0.534. The zero-order valence-corrected chi connectivity index (χ0v) is 18.3. The molecule has 0 bridgehead atoms. The molecule has 0 aliphatic rings. The first-order valence-corrected chi connectivity index (χ1v) is 8.85.